The van der Waals surface area contributed by atoms with Gasteiger partial charge in [0.25, 0.3) is 0 Å². The normalized spacial score (nSPS) is 17.1. The maximum atomic E-state index is 4.79. The maximum Gasteiger partial charge on any atom is 0.132 e. The molecule has 2 aliphatic rings. The van der Waals surface area contributed by atoms with Crippen LogP contribution in [-0.2, 0) is 19.3 Å². The predicted octanol–water partition coefficient (Wildman–Crippen LogP) is 4.41. The first kappa shape index (κ1) is 18.3. The van der Waals surface area contributed by atoms with Crippen molar-refractivity contribution in [2.75, 3.05) is 22.9 Å². The summed E-state index contributed by atoms with van der Waals surface area (Å²) < 4.78 is 0. The summed E-state index contributed by atoms with van der Waals surface area (Å²) >= 11 is 0. The molecule has 0 bridgehead atoms. The second-order valence-corrected chi connectivity index (χ2v) is 9.58. The number of fused-ring (bicyclic) bond motifs is 2. The molecule has 0 aliphatic carbocycles. The van der Waals surface area contributed by atoms with E-state index in [1.165, 1.54) is 34.7 Å². The Kier molecular flexibility index (Phi) is 4.40. The lowest BCUT2D eigenvalue weighted by Crippen LogP contribution is -2.47. The number of aromatic nitrogens is 2. The van der Waals surface area contributed by atoms with Crippen LogP contribution in [0.25, 0.3) is 0 Å². The summed E-state index contributed by atoms with van der Waals surface area (Å²) in [4.78, 5) is 14.5. The van der Waals surface area contributed by atoms with Gasteiger partial charge in [-0.2, -0.15) is 0 Å². The van der Waals surface area contributed by atoms with Crippen molar-refractivity contribution in [2.45, 2.75) is 71.4 Å². The summed E-state index contributed by atoms with van der Waals surface area (Å²) in [6, 6.07) is 6.51. The second-order valence-electron chi connectivity index (χ2n) is 9.58. The number of hydrogen-bond acceptors (Lipinski definition) is 4. The summed E-state index contributed by atoms with van der Waals surface area (Å²) in [5.74, 6) is 2.36. The third-order valence-corrected chi connectivity index (χ3v) is 6.09. The van der Waals surface area contributed by atoms with Crippen LogP contribution in [0.3, 0.4) is 0 Å². The molecular weight excluding hydrogens is 332 g/mol. The van der Waals surface area contributed by atoms with E-state index in [0.717, 1.165) is 32.4 Å². The fraction of sp³-hybridized carbons (Fsp3) is 0.565. The summed E-state index contributed by atoms with van der Waals surface area (Å²) in [5, 5.41) is 0. The molecule has 0 saturated heterocycles. The number of rotatable bonds is 3. The van der Waals surface area contributed by atoms with E-state index >= 15 is 0 Å². The van der Waals surface area contributed by atoms with Crippen LogP contribution < -0.4 is 9.80 Å². The van der Waals surface area contributed by atoms with Crippen molar-refractivity contribution >= 4 is 11.6 Å². The Labute approximate surface area is 163 Å². The van der Waals surface area contributed by atoms with E-state index in [1.54, 1.807) is 0 Å². The Bertz CT molecular complexity index is 835. The minimum absolute atomic E-state index is 0.0265. The van der Waals surface area contributed by atoms with Crippen molar-refractivity contribution < 1.29 is 0 Å². The molecule has 0 N–H and O–H groups in total. The van der Waals surface area contributed by atoms with Crippen LogP contribution in [-0.4, -0.2) is 34.1 Å². The molecule has 2 aliphatic heterocycles. The van der Waals surface area contributed by atoms with Gasteiger partial charge in [0.15, 0.2) is 0 Å². The van der Waals surface area contributed by atoms with Gasteiger partial charge in [-0.1, -0.05) is 6.07 Å². The lowest BCUT2D eigenvalue weighted by Gasteiger charge is -2.42. The van der Waals surface area contributed by atoms with E-state index in [-0.39, 0.29) is 11.1 Å². The first-order chi connectivity index (χ1) is 12.8. The largest absolute Gasteiger partial charge is 0.352 e. The molecule has 0 amide bonds. The summed E-state index contributed by atoms with van der Waals surface area (Å²) in [6.45, 7) is 13.7. The van der Waals surface area contributed by atoms with Crippen LogP contribution in [0.2, 0.25) is 0 Å². The third kappa shape index (κ3) is 3.30. The average molecular weight is 365 g/mol. The molecule has 0 radical (unpaired) electrons. The van der Waals surface area contributed by atoms with Gasteiger partial charge in [0.2, 0.25) is 0 Å². The lowest BCUT2D eigenvalue weighted by atomic mass is 9.87. The van der Waals surface area contributed by atoms with Crippen LogP contribution in [0.5, 0.6) is 0 Å². The summed E-state index contributed by atoms with van der Waals surface area (Å²) in [6.07, 6.45) is 8.38. The zero-order valence-electron chi connectivity index (χ0n) is 17.4. The highest BCUT2D eigenvalue weighted by Crippen LogP contribution is 2.37. The van der Waals surface area contributed by atoms with Gasteiger partial charge in [-0.25, -0.2) is 9.97 Å². The molecule has 27 heavy (non-hydrogen) atoms. The van der Waals surface area contributed by atoms with Crippen molar-refractivity contribution in [1.29, 1.82) is 0 Å². The Balaban J connectivity index is 1.66. The molecule has 0 fully saturated rings. The lowest BCUT2D eigenvalue weighted by molar-refractivity contribution is 0.456. The highest BCUT2D eigenvalue weighted by molar-refractivity contribution is 5.57. The third-order valence-electron chi connectivity index (χ3n) is 6.09. The van der Waals surface area contributed by atoms with E-state index in [9.17, 15) is 0 Å². The van der Waals surface area contributed by atoms with E-state index in [1.807, 2.05) is 12.4 Å². The van der Waals surface area contributed by atoms with Gasteiger partial charge in [0.1, 0.15) is 11.6 Å². The van der Waals surface area contributed by atoms with Crippen molar-refractivity contribution in [2.24, 2.45) is 0 Å². The van der Waals surface area contributed by atoms with Crippen LogP contribution >= 0.6 is 0 Å². The van der Waals surface area contributed by atoms with Gasteiger partial charge in [0.05, 0.1) is 0 Å². The fourth-order valence-corrected chi connectivity index (χ4v) is 4.72. The molecule has 2 aromatic heterocycles. The number of pyridine rings is 2. The monoisotopic (exact) mass is 364 g/mol. The van der Waals surface area contributed by atoms with Crippen molar-refractivity contribution in [1.82, 2.24) is 9.97 Å². The predicted molar refractivity (Wildman–Crippen MR) is 113 cm³/mol. The molecule has 4 nitrogen and oxygen atoms in total. The molecule has 144 valence electrons. The zero-order valence-corrected chi connectivity index (χ0v) is 17.4. The van der Waals surface area contributed by atoms with Crippen molar-refractivity contribution in [3.8, 4) is 0 Å². The number of nitrogens with zero attached hydrogens (tertiary/aromatic N) is 4. The maximum absolute atomic E-state index is 4.79. The highest BCUT2D eigenvalue weighted by atomic mass is 15.3. The van der Waals surface area contributed by atoms with Crippen LogP contribution in [0.1, 0.15) is 57.7 Å². The molecule has 0 aromatic carbocycles. The summed E-state index contributed by atoms with van der Waals surface area (Å²) in [7, 11) is 0. The quantitative estimate of drug-likeness (QED) is 0.807. The van der Waals surface area contributed by atoms with Crippen LogP contribution in [0, 0.1) is 0 Å². The van der Waals surface area contributed by atoms with Crippen molar-refractivity contribution in [3.63, 3.8) is 0 Å². The van der Waals surface area contributed by atoms with Gasteiger partial charge >= 0.3 is 0 Å². The van der Waals surface area contributed by atoms with Crippen molar-refractivity contribution in [3.05, 3.63) is 47.3 Å². The molecule has 4 heterocycles. The SMILES string of the molecule is CC(C)(C)N1CCCc2c(CC(C)(C)N3CCc4cccnc43)ccnc21. The Morgan fingerprint density at radius 3 is 2.44 bits per heavy atom. The first-order valence-corrected chi connectivity index (χ1v) is 10.2. The molecule has 0 unspecified atom stereocenters. The molecule has 2 aromatic rings. The first-order valence-electron chi connectivity index (χ1n) is 10.2. The van der Waals surface area contributed by atoms with Gasteiger partial charge < -0.3 is 9.80 Å². The molecular formula is C23H32N4. The van der Waals surface area contributed by atoms with Crippen LogP contribution in [0.4, 0.5) is 11.6 Å². The van der Waals surface area contributed by atoms with Gasteiger partial charge in [-0.05, 0) is 89.1 Å². The zero-order chi connectivity index (χ0) is 19.2. The average Bonchev–Trinajstić information content (AvgIpc) is 3.05. The molecule has 0 saturated carbocycles. The Morgan fingerprint density at radius 1 is 0.889 bits per heavy atom. The number of anilines is 2. The minimum Gasteiger partial charge on any atom is -0.352 e. The summed E-state index contributed by atoms with van der Waals surface area (Å²) in [5.41, 5.74) is 4.41. The topological polar surface area (TPSA) is 32.3 Å². The minimum atomic E-state index is 0.0265. The number of hydrogen-bond donors (Lipinski definition) is 0. The molecule has 0 atom stereocenters. The fourth-order valence-electron chi connectivity index (χ4n) is 4.72. The highest BCUT2D eigenvalue weighted by Gasteiger charge is 2.35. The van der Waals surface area contributed by atoms with E-state index < -0.39 is 0 Å². The molecule has 4 rings (SSSR count). The Morgan fingerprint density at radius 2 is 1.67 bits per heavy atom. The van der Waals surface area contributed by atoms with E-state index in [2.05, 4.69) is 67.6 Å². The smallest absolute Gasteiger partial charge is 0.132 e. The standard InChI is InChI=1S/C23H32N4/c1-22(2,3)26-14-7-9-19-18(10-13-25-21(19)26)16-23(4,5)27-15-11-17-8-6-12-24-20(17)27/h6,8,10,12-13H,7,9,11,14-16H2,1-5H3. The Hall–Kier alpha value is -2.10. The van der Waals surface area contributed by atoms with E-state index in [4.69, 9.17) is 4.98 Å². The molecule has 4 heteroatoms. The van der Waals surface area contributed by atoms with Gasteiger partial charge in [-0.15, -0.1) is 0 Å². The van der Waals surface area contributed by atoms with Crippen LogP contribution in [0.15, 0.2) is 30.6 Å². The van der Waals surface area contributed by atoms with E-state index in [0.29, 0.717) is 0 Å². The van der Waals surface area contributed by atoms with Gasteiger partial charge in [0, 0.05) is 36.6 Å². The van der Waals surface area contributed by atoms with Gasteiger partial charge in [-0.3, -0.25) is 0 Å². The second kappa shape index (κ2) is 6.50. The molecule has 0 spiro atoms.